The van der Waals surface area contributed by atoms with E-state index in [1.54, 1.807) is 0 Å². The van der Waals surface area contributed by atoms with Crippen LogP contribution in [0.4, 0.5) is 8.78 Å². The average Bonchev–Trinajstić information content (AvgIpc) is 2.27. The SMILES string of the molecule is CCC(CC(N)=S)NC(=O)C1CCC(F)(F)CC1. The topological polar surface area (TPSA) is 55.1 Å². The molecule has 0 heterocycles. The van der Waals surface area contributed by atoms with Gasteiger partial charge in [-0.05, 0) is 19.3 Å². The van der Waals surface area contributed by atoms with E-state index in [1.807, 2.05) is 6.92 Å². The molecule has 1 aliphatic carbocycles. The van der Waals surface area contributed by atoms with E-state index in [1.165, 1.54) is 0 Å². The summed E-state index contributed by atoms with van der Waals surface area (Å²) >= 11 is 4.80. The largest absolute Gasteiger partial charge is 0.393 e. The third-order valence-corrected chi connectivity index (χ3v) is 3.54. The molecule has 1 atom stereocenters. The first-order chi connectivity index (χ1) is 8.34. The van der Waals surface area contributed by atoms with Crippen molar-refractivity contribution in [2.45, 2.75) is 57.4 Å². The Balaban J connectivity index is 2.43. The number of alkyl halides is 2. The number of nitrogens with two attached hydrogens (primary N) is 1. The van der Waals surface area contributed by atoms with E-state index in [-0.39, 0.29) is 43.6 Å². The van der Waals surface area contributed by atoms with Crippen LogP contribution in [0.1, 0.15) is 45.4 Å². The Hall–Kier alpha value is -0.780. The fourth-order valence-electron chi connectivity index (χ4n) is 2.16. The van der Waals surface area contributed by atoms with Crippen LogP contribution in [0.3, 0.4) is 0 Å². The van der Waals surface area contributed by atoms with Crippen molar-refractivity contribution in [3.63, 3.8) is 0 Å². The summed E-state index contributed by atoms with van der Waals surface area (Å²) in [5.41, 5.74) is 5.44. The highest BCUT2D eigenvalue weighted by Crippen LogP contribution is 2.36. The first kappa shape index (κ1) is 15.3. The zero-order valence-electron chi connectivity index (χ0n) is 10.5. The number of hydrogen-bond acceptors (Lipinski definition) is 2. The monoisotopic (exact) mass is 278 g/mol. The summed E-state index contributed by atoms with van der Waals surface area (Å²) in [4.78, 5) is 12.3. The second-order valence-electron chi connectivity index (χ2n) is 4.91. The molecule has 0 spiro atoms. The van der Waals surface area contributed by atoms with Crippen LogP contribution in [-0.4, -0.2) is 22.9 Å². The summed E-state index contributed by atoms with van der Waals surface area (Å²) < 4.78 is 26.0. The van der Waals surface area contributed by atoms with E-state index in [0.717, 1.165) is 6.42 Å². The lowest BCUT2D eigenvalue weighted by molar-refractivity contribution is -0.129. The van der Waals surface area contributed by atoms with Gasteiger partial charge in [-0.25, -0.2) is 8.78 Å². The minimum atomic E-state index is -2.60. The summed E-state index contributed by atoms with van der Waals surface area (Å²) in [6.07, 6.45) is 1.30. The van der Waals surface area contributed by atoms with Crippen LogP contribution < -0.4 is 11.1 Å². The van der Waals surface area contributed by atoms with Gasteiger partial charge in [0, 0.05) is 31.2 Å². The number of halogens is 2. The van der Waals surface area contributed by atoms with Gasteiger partial charge in [0.1, 0.15) is 0 Å². The number of carbonyl (C=O) groups excluding carboxylic acids is 1. The van der Waals surface area contributed by atoms with Gasteiger partial charge in [-0.2, -0.15) is 0 Å². The molecular weight excluding hydrogens is 258 g/mol. The van der Waals surface area contributed by atoms with Crippen LogP contribution >= 0.6 is 12.2 Å². The van der Waals surface area contributed by atoms with E-state index in [2.05, 4.69) is 5.32 Å². The summed E-state index contributed by atoms with van der Waals surface area (Å²) in [5.74, 6) is -3.04. The number of carbonyl (C=O) groups is 1. The lowest BCUT2D eigenvalue weighted by atomic mass is 9.86. The highest BCUT2D eigenvalue weighted by Gasteiger charge is 2.37. The predicted molar refractivity (Wildman–Crippen MR) is 70.5 cm³/mol. The summed E-state index contributed by atoms with van der Waals surface area (Å²) in [7, 11) is 0. The fraction of sp³-hybridized carbons (Fsp3) is 0.833. The number of hydrogen-bond donors (Lipinski definition) is 2. The molecule has 1 saturated carbocycles. The van der Waals surface area contributed by atoms with Crippen molar-refractivity contribution in [3.05, 3.63) is 0 Å². The van der Waals surface area contributed by atoms with Gasteiger partial charge < -0.3 is 11.1 Å². The second-order valence-corrected chi connectivity index (χ2v) is 5.44. The quantitative estimate of drug-likeness (QED) is 0.759. The molecule has 0 radical (unpaired) electrons. The Morgan fingerprint density at radius 3 is 2.50 bits per heavy atom. The highest BCUT2D eigenvalue weighted by atomic mass is 32.1. The van der Waals surface area contributed by atoms with Crippen molar-refractivity contribution < 1.29 is 13.6 Å². The minimum Gasteiger partial charge on any atom is -0.393 e. The summed E-state index contributed by atoms with van der Waals surface area (Å²) in [6.45, 7) is 1.93. The maximum Gasteiger partial charge on any atom is 0.248 e. The molecule has 18 heavy (non-hydrogen) atoms. The number of thiocarbonyl (C=S) groups is 1. The Kier molecular flexibility index (Phi) is 5.44. The Morgan fingerprint density at radius 2 is 2.06 bits per heavy atom. The third kappa shape index (κ3) is 4.84. The van der Waals surface area contributed by atoms with Crippen molar-refractivity contribution in [1.82, 2.24) is 5.32 Å². The lowest BCUT2D eigenvalue weighted by Crippen LogP contribution is -2.42. The zero-order chi connectivity index (χ0) is 13.8. The molecule has 0 bridgehead atoms. The molecule has 104 valence electrons. The van der Waals surface area contributed by atoms with E-state index < -0.39 is 5.92 Å². The molecular formula is C12H20F2N2OS. The molecule has 6 heteroatoms. The molecule has 1 aliphatic rings. The molecule has 0 aromatic carbocycles. The lowest BCUT2D eigenvalue weighted by Gasteiger charge is -2.28. The van der Waals surface area contributed by atoms with Crippen LogP contribution in [0, 0.1) is 5.92 Å². The van der Waals surface area contributed by atoms with Gasteiger partial charge in [0.25, 0.3) is 0 Å². The van der Waals surface area contributed by atoms with Crippen LogP contribution in [-0.2, 0) is 4.79 Å². The van der Waals surface area contributed by atoms with E-state index in [4.69, 9.17) is 18.0 Å². The zero-order valence-corrected chi connectivity index (χ0v) is 11.4. The molecule has 1 unspecified atom stereocenters. The Morgan fingerprint density at radius 1 is 1.50 bits per heavy atom. The van der Waals surface area contributed by atoms with E-state index in [0.29, 0.717) is 11.4 Å². The Bertz CT molecular complexity index is 313. The molecule has 1 rings (SSSR count). The fourth-order valence-corrected chi connectivity index (χ4v) is 2.36. The van der Waals surface area contributed by atoms with E-state index in [9.17, 15) is 13.6 Å². The van der Waals surface area contributed by atoms with Gasteiger partial charge in [-0.1, -0.05) is 19.1 Å². The van der Waals surface area contributed by atoms with Crippen molar-refractivity contribution >= 4 is 23.1 Å². The first-order valence-electron chi connectivity index (χ1n) is 6.30. The van der Waals surface area contributed by atoms with Gasteiger partial charge in [0.05, 0.1) is 4.99 Å². The molecule has 0 aromatic rings. The molecule has 3 N–H and O–H groups in total. The van der Waals surface area contributed by atoms with E-state index >= 15 is 0 Å². The maximum absolute atomic E-state index is 13.0. The molecule has 1 fully saturated rings. The molecule has 0 saturated heterocycles. The standard InChI is InChI=1S/C12H20F2N2OS/c1-2-9(7-10(15)18)16-11(17)8-3-5-12(13,14)6-4-8/h8-9H,2-7H2,1H3,(H2,15,18)(H,16,17). The number of nitrogens with one attached hydrogen (secondary N) is 1. The average molecular weight is 278 g/mol. The van der Waals surface area contributed by atoms with Crippen molar-refractivity contribution in [2.24, 2.45) is 11.7 Å². The Labute approximate surface area is 111 Å². The van der Waals surface area contributed by atoms with Crippen LogP contribution in [0.25, 0.3) is 0 Å². The van der Waals surface area contributed by atoms with Gasteiger partial charge in [0.2, 0.25) is 11.8 Å². The normalized spacial score (nSPS) is 21.3. The summed E-state index contributed by atoms with van der Waals surface area (Å²) in [6, 6.07) is -0.0857. The predicted octanol–water partition coefficient (Wildman–Crippen LogP) is 2.38. The van der Waals surface area contributed by atoms with Crippen molar-refractivity contribution in [2.75, 3.05) is 0 Å². The summed E-state index contributed by atoms with van der Waals surface area (Å²) in [5, 5.41) is 2.84. The van der Waals surface area contributed by atoms with Gasteiger partial charge in [0.15, 0.2) is 0 Å². The van der Waals surface area contributed by atoms with Gasteiger partial charge >= 0.3 is 0 Å². The van der Waals surface area contributed by atoms with Crippen LogP contribution in [0.15, 0.2) is 0 Å². The van der Waals surface area contributed by atoms with Crippen LogP contribution in [0.2, 0.25) is 0 Å². The maximum atomic E-state index is 13.0. The molecule has 3 nitrogen and oxygen atoms in total. The highest BCUT2D eigenvalue weighted by molar-refractivity contribution is 7.80. The number of amides is 1. The van der Waals surface area contributed by atoms with Crippen molar-refractivity contribution in [3.8, 4) is 0 Å². The minimum absolute atomic E-state index is 0.0857. The van der Waals surface area contributed by atoms with Gasteiger partial charge in [-0.15, -0.1) is 0 Å². The molecule has 0 aromatic heterocycles. The second kappa shape index (κ2) is 6.41. The smallest absolute Gasteiger partial charge is 0.248 e. The molecule has 0 aliphatic heterocycles. The number of rotatable bonds is 5. The van der Waals surface area contributed by atoms with Gasteiger partial charge in [-0.3, -0.25) is 4.79 Å². The first-order valence-corrected chi connectivity index (χ1v) is 6.71. The third-order valence-electron chi connectivity index (χ3n) is 3.37. The van der Waals surface area contributed by atoms with Crippen LogP contribution in [0.5, 0.6) is 0 Å². The van der Waals surface area contributed by atoms with Crippen molar-refractivity contribution in [1.29, 1.82) is 0 Å². The molecule has 1 amide bonds.